The van der Waals surface area contributed by atoms with Gasteiger partial charge in [-0.2, -0.15) is 0 Å². The van der Waals surface area contributed by atoms with Gasteiger partial charge >= 0.3 is 0 Å². The van der Waals surface area contributed by atoms with Crippen molar-refractivity contribution in [3.05, 3.63) is 249 Å². The molecule has 12 rings (SSSR count). The van der Waals surface area contributed by atoms with Gasteiger partial charge in [0.05, 0.1) is 0 Å². The molecule has 1 aromatic heterocycles. The summed E-state index contributed by atoms with van der Waals surface area (Å²) in [6.45, 7) is 0. The Morgan fingerprint density at radius 3 is 1.22 bits per heavy atom. The van der Waals surface area contributed by atoms with Crippen molar-refractivity contribution in [3.63, 3.8) is 0 Å². The van der Waals surface area contributed by atoms with Crippen LogP contribution in [0.1, 0.15) is 0 Å². The summed E-state index contributed by atoms with van der Waals surface area (Å²) >= 11 is 0. The number of hydrogen-bond acceptors (Lipinski definition) is 2. The number of furan rings is 1. The number of nitrogens with zero attached hydrogens (tertiary/aromatic N) is 1. The Labute approximate surface area is 372 Å². The quantitative estimate of drug-likeness (QED) is 0.152. The van der Waals surface area contributed by atoms with E-state index in [4.69, 9.17) is 4.42 Å². The number of benzene rings is 11. The maximum absolute atomic E-state index is 6.89. The smallest absolute Gasteiger partial charge is 0.143 e. The summed E-state index contributed by atoms with van der Waals surface area (Å²) in [4.78, 5) is 2.36. The Kier molecular flexibility index (Phi) is 9.20. The highest BCUT2D eigenvalue weighted by Gasteiger charge is 2.20. The summed E-state index contributed by atoms with van der Waals surface area (Å²) in [5, 5.41) is 7.10. The van der Waals surface area contributed by atoms with Crippen molar-refractivity contribution in [1.82, 2.24) is 0 Å². The zero-order chi connectivity index (χ0) is 42.4. The van der Waals surface area contributed by atoms with Crippen molar-refractivity contribution < 1.29 is 4.42 Å². The Bertz CT molecular complexity index is 3480. The first-order chi connectivity index (χ1) is 31.7. The van der Waals surface area contributed by atoms with Gasteiger partial charge in [0.1, 0.15) is 11.2 Å². The molecule has 0 aliphatic carbocycles. The minimum atomic E-state index is 0.897. The van der Waals surface area contributed by atoms with Crippen LogP contribution < -0.4 is 4.90 Å². The molecule has 0 radical (unpaired) electrons. The summed E-state index contributed by atoms with van der Waals surface area (Å²) < 4.78 is 6.89. The molecular weight excluding hydrogens is 775 g/mol. The second-order valence-electron chi connectivity index (χ2n) is 16.5. The van der Waals surface area contributed by atoms with Gasteiger partial charge in [-0.1, -0.05) is 200 Å². The molecule has 0 bridgehead atoms. The second-order valence-corrected chi connectivity index (χ2v) is 16.5. The van der Waals surface area contributed by atoms with Gasteiger partial charge in [0.2, 0.25) is 0 Å². The normalized spacial score (nSPS) is 11.4. The molecule has 0 N–H and O–H groups in total. The summed E-state index contributed by atoms with van der Waals surface area (Å²) in [6, 6.07) is 89.4. The van der Waals surface area contributed by atoms with Crippen molar-refractivity contribution in [2.75, 3.05) is 4.90 Å². The Morgan fingerprint density at radius 1 is 0.266 bits per heavy atom. The van der Waals surface area contributed by atoms with Crippen LogP contribution >= 0.6 is 0 Å². The molecule has 64 heavy (non-hydrogen) atoms. The third-order valence-electron chi connectivity index (χ3n) is 12.7. The van der Waals surface area contributed by atoms with Crippen LogP contribution in [0, 0.1) is 0 Å². The molecule has 0 atom stereocenters. The highest BCUT2D eigenvalue weighted by molar-refractivity contribution is 6.28. The number of fused-ring (bicyclic) bond motifs is 7. The van der Waals surface area contributed by atoms with Gasteiger partial charge in [-0.25, -0.2) is 0 Å². The molecule has 0 unspecified atom stereocenters. The highest BCUT2D eigenvalue weighted by Crippen LogP contribution is 2.45. The van der Waals surface area contributed by atoms with Gasteiger partial charge < -0.3 is 9.32 Å². The van der Waals surface area contributed by atoms with E-state index in [1.807, 2.05) is 0 Å². The van der Waals surface area contributed by atoms with Crippen molar-refractivity contribution in [2.24, 2.45) is 0 Å². The Morgan fingerprint density at radius 2 is 0.688 bits per heavy atom. The summed E-state index contributed by atoms with van der Waals surface area (Å²) in [6.07, 6.45) is 0. The number of hydrogen-bond donors (Lipinski definition) is 0. The molecular formula is C62H41NO. The fourth-order valence-corrected chi connectivity index (χ4v) is 9.44. The van der Waals surface area contributed by atoms with Gasteiger partial charge in [0, 0.05) is 33.4 Å². The average molecular weight is 816 g/mol. The van der Waals surface area contributed by atoms with Gasteiger partial charge in [0.15, 0.2) is 0 Å². The zero-order valence-electron chi connectivity index (χ0n) is 35.0. The largest absolute Gasteiger partial charge is 0.455 e. The first-order valence-corrected chi connectivity index (χ1v) is 21.9. The predicted molar refractivity (Wildman–Crippen MR) is 271 cm³/mol. The molecule has 0 amide bonds. The molecule has 0 aliphatic rings. The monoisotopic (exact) mass is 815 g/mol. The number of rotatable bonds is 8. The van der Waals surface area contributed by atoms with Crippen LogP contribution in [0.15, 0.2) is 253 Å². The van der Waals surface area contributed by atoms with E-state index in [2.05, 4.69) is 254 Å². The van der Waals surface area contributed by atoms with Gasteiger partial charge in [-0.05, 0) is 120 Å². The molecule has 2 nitrogen and oxygen atoms in total. The minimum Gasteiger partial charge on any atom is -0.455 e. The van der Waals surface area contributed by atoms with Crippen LogP contribution in [0.2, 0.25) is 0 Å². The van der Waals surface area contributed by atoms with Gasteiger partial charge in [-0.3, -0.25) is 0 Å². The first kappa shape index (κ1) is 37.3. The van der Waals surface area contributed by atoms with Crippen molar-refractivity contribution in [1.29, 1.82) is 0 Å². The van der Waals surface area contributed by atoms with E-state index >= 15 is 0 Å². The molecule has 2 heteroatoms. The van der Waals surface area contributed by atoms with Crippen LogP contribution in [0.4, 0.5) is 17.1 Å². The standard InChI is InChI=1S/C62H41NO/c1-3-12-42(13-4-1)44-22-26-46(27-23-44)48-30-35-53(36-31-48)63(54-37-32-49(33-38-54)47-28-24-45(25-29-47)43-14-5-2-6-15-43)55-19-11-18-51(40-55)58-41-52-17-8-10-21-57(52)61-60-56-20-9-7-16-50(56)34-39-59(60)64-62(58)61/h1-41H. The summed E-state index contributed by atoms with van der Waals surface area (Å²) in [5.74, 6) is 0. The van der Waals surface area contributed by atoms with Crippen molar-refractivity contribution in [3.8, 4) is 55.6 Å². The van der Waals surface area contributed by atoms with Crippen LogP contribution in [0.25, 0.3) is 99.1 Å². The third-order valence-corrected chi connectivity index (χ3v) is 12.7. The average Bonchev–Trinajstić information content (AvgIpc) is 3.78. The van der Waals surface area contributed by atoms with Gasteiger partial charge in [0.25, 0.3) is 0 Å². The molecule has 0 saturated carbocycles. The molecule has 0 spiro atoms. The fourth-order valence-electron chi connectivity index (χ4n) is 9.44. The van der Waals surface area contributed by atoms with Crippen molar-refractivity contribution in [2.45, 2.75) is 0 Å². The second kappa shape index (κ2) is 15.8. The van der Waals surface area contributed by atoms with E-state index in [0.29, 0.717) is 0 Å². The van der Waals surface area contributed by atoms with Gasteiger partial charge in [-0.15, -0.1) is 0 Å². The molecule has 1 heterocycles. The lowest BCUT2D eigenvalue weighted by Gasteiger charge is -2.26. The Hall–Kier alpha value is -8.46. The van der Waals surface area contributed by atoms with Crippen molar-refractivity contribution >= 4 is 60.5 Å². The molecule has 300 valence electrons. The predicted octanol–water partition coefficient (Wildman–Crippen LogP) is 17.7. The van der Waals surface area contributed by atoms with E-state index in [1.54, 1.807) is 0 Å². The van der Waals surface area contributed by atoms with E-state index < -0.39 is 0 Å². The summed E-state index contributed by atoms with van der Waals surface area (Å²) in [7, 11) is 0. The molecule has 0 saturated heterocycles. The fraction of sp³-hybridized carbons (Fsp3) is 0. The van der Waals surface area contributed by atoms with E-state index in [-0.39, 0.29) is 0 Å². The maximum atomic E-state index is 6.89. The third kappa shape index (κ3) is 6.70. The lowest BCUT2D eigenvalue weighted by atomic mass is 9.94. The van der Waals surface area contributed by atoms with E-state index in [1.165, 1.54) is 66.1 Å². The topological polar surface area (TPSA) is 16.4 Å². The zero-order valence-corrected chi connectivity index (χ0v) is 35.0. The Balaban J connectivity index is 0.964. The SMILES string of the molecule is c1ccc(-c2ccc(-c3ccc(N(c4ccc(-c5ccc(-c6ccccc6)cc5)cc4)c4cccc(-c5cc6ccccc6c6c5oc5ccc7ccccc7c56)c4)cc3)cc2)cc1. The lowest BCUT2D eigenvalue weighted by Crippen LogP contribution is -2.10. The maximum Gasteiger partial charge on any atom is 0.143 e. The highest BCUT2D eigenvalue weighted by atomic mass is 16.3. The first-order valence-electron chi connectivity index (χ1n) is 21.9. The summed E-state index contributed by atoms with van der Waals surface area (Å²) in [5.41, 5.74) is 16.7. The molecule has 12 aromatic rings. The molecule has 0 aliphatic heterocycles. The lowest BCUT2D eigenvalue weighted by molar-refractivity contribution is 0.670. The number of anilines is 3. The minimum absolute atomic E-state index is 0.897. The van der Waals surface area contributed by atoms with Crippen LogP contribution in [0.5, 0.6) is 0 Å². The van der Waals surface area contributed by atoms with E-state index in [0.717, 1.165) is 50.1 Å². The molecule has 11 aromatic carbocycles. The van der Waals surface area contributed by atoms with Crippen LogP contribution in [0.3, 0.4) is 0 Å². The molecule has 0 fully saturated rings. The van der Waals surface area contributed by atoms with Crippen LogP contribution in [-0.2, 0) is 0 Å². The van der Waals surface area contributed by atoms with Crippen LogP contribution in [-0.4, -0.2) is 0 Å². The van der Waals surface area contributed by atoms with E-state index in [9.17, 15) is 0 Å².